The van der Waals surface area contributed by atoms with Gasteiger partial charge >= 0.3 is 0 Å². The Hall–Kier alpha value is -1.23. The SMILES string of the molecule is C[n+]1ccn(CCCCCCCCCCCCO[C@@H]2O[C@H](CO)[C@@H](O[C@@H]3O[C@H](CO)[C@H](O)[C@H](O)[C@H]3O)[C@H](O)[C@H]2O)c1. The molecule has 0 aliphatic carbocycles. The van der Waals surface area contributed by atoms with Crippen LogP contribution in [-0.4, -0.2) is 122 Å². The fourth-order valence-corrected chi connectivity index (χ4v) is 5.34. The first-order valence-electron chi connectivity index (χ1n) is 15.0. The highest BCUT2D eigenvalue weighted by molar-refractivity contribution is 4.94. The highest BCUT2D eigenvalue weighted by Gasteiger charge is 2.50. The van der Waals surface area contributed by atoms with Crippen molar-refractivity contribution in [2.45, 2.75) is 132 Å². The van der Waals surface area contributed by atoms with Crippen molar-refractivity contribution in [2.75, 3.05) is 19.8 Å². The van der Waals surface area contributed by atoms with Crippen LogP contribution in [0, 0.1) is 0 Å². The van der Waals surface area contributed by atoms with Crippen LogP contribution >= 0.6 is 0 Å². The van der Waals surface area contributed by atoms with Gasteiger partial charge in [0.1, 0.15) is 61.2 Å². The molecule has 3 rings (SSSR count). The molecule has 2 aliphatic heterocycles. The Kier molecular flexibility index (Phi) is 14.9. The molecule has 2 aliphatic rings. The number of imidazole rings is 1. The first-order chi connectivity index (χ1) is 19.8. The Labute approximate surface area is 241 Å². The van der Waals surface area contributed by atoms with Gasteiger partial charge in [-0.2, -0.15) is 0 Å². The second-order valence-electron chi connectivity index (χ2n) is 11.2. The molecule has 7 N–H and O–H groups in total. The Bertz CT molecular complexity index is 842. The van der Waals surface area contributed by atoms with Crippen molar-refractivity contribution >= 4 is 0 Å². The van der Waals surface area contributed by atoms with Crippen molar-refractivity contribution in [1.29, 1.82) is 0 Å². The first-order valence-corrected chi connectivity index (χ1v) is 15.0. The normalized spacial score (nSPS) is 34.2. The molecule has 0 bridgehead atoms. The van der Waals surface area contributed by atoms with E-state index in [9.17, 15) is 35.7 Å². The molecule has 0 unspecified atom stereocenters. The van der Waals surface area contributed by atoms with Crippen LogP contribution in [0.2, 0.25) is 0 Å². The number of nitrogens with zero attached hydrogens (tertiary/aromatic N) is 2. The zero-order valence-corrected chi connectivity index (χ0v) is 24.1. The minimum Gasteiger partial charge on any atom is -0.394 e. The highest BCUT2D eigenvalue weighted by atomic mass is 16.7. The third-order valence-corrected chi connectivity index (χ3v) is 7.88. The van der Waals surface area contributed by atoms with Crippen LogP contribution in [0.4, 0.5) is 0 Å². The number of hydrogen-bond acceptors (Lipinski definition) is 11. The summed E-state index contributed by atoms with van der Waals surface area (Å²) in [6.07, 6.45) is 3.25. The summed E-state index contributed by atoms with van der Waals surface area (Å²) in [5.74, 6) is 0. The molecule has 1 aromatic heterocycles. The lowest BCUT2D eigenvalue weighted by molar-refractivity contribution is -0.671. The maximum Gasteiger partial charge on any atom is 0.243 e. The zero-order chi connectivity index (χ0) is 29.8. The molecule has 0 radical (unpaired) electrons. The molecule has 1 aromatic rings. The standard InChI is InChI=1S/C28H51N2O11/c1-29-13-14-30(18-29)12-10-8-6-4-2-3-5-7-9-11-15-38-27-25(37)23(35)26(20(17-32)40-27)41-28-24(36)22(34)21(33)19(16-31)39-28/h13-14,18-28,31-37H,2-12,15-17H2,1H3/q+1/t19-,20-,21+,22+,23-,24-,25-,26-,27-,28+/m1/s1. The second-order valence-corrected chi connectivity index (χ2v) is 11.2. The Morgan fingerprint density at radius 3 is 1.83 bits per heavy atom. The van der Waals surface area contributed by atoms with Crippen molar-refractivity contribution in [1.82, 2.24) is 4.57 Å². The molecular weight excluding hydrogens is 540 g/mol. The van der Waals surface area contributed by atoms with Gasteiger partial charge in [-0.15, -0.1) is 0 Å². The molecule has 10 atom stereocenters. The average Bonchev–Trinajstić information content (AvgIpc) is 3.39. The number of rotatable bonds is 18. The van der Waals surface area contributed by atoms with E-state index in [0.717, 1.165) is 32.2 Å². The predicted molar refractivity (Wildman–Crippen MR) is 144 cm³/mol. The molecule has 41 heavy (non-hydrogen) atoms. The van der Waals surface area contributed by atoms with E-state index >= 15 is 0 Å². The molecule has 238 valence electrons. The molecule has 13 heteroatoms. The van der Waals surface area contributed by atoms with Crippen LogP contribution in [0.5, 0.6) is 0 Å². The van der Waals surface area contributed by atoms with E-state index in [-0.39, 0.29) is 0 Å². The molecular formula is C28H51N2O11+. The number of unbranched alkanes of at least 4 members (excludes halogenated alkanes) is 9. The lowest BCUT2D eigenvalue weighted by Crippen LogP contribution is -2.64. The van der Waals surface area contributed by atoms with E-state index in [1.54, 1.807) is 0 Å². The average molecular weight is 592 g/mol. The van der Waals surface area contributed by atoms with Crippen molar-refractivity contribution in [3.05, 3.63) is 18.7 Å². The quantitative estimate of drug-likeness (QED) is 0.0807. The van der Waals surface area contributed by atoms with Crippen molar-refractivity contribution in [3.8, 4) is 0 Å². The summed E-state index contributed by atoms with van der Waals surface area (Å²) in [4.78, 5) is 0. The Balaban J connectivity index is 1.26. The van der Waals surface area contributed by atoms with Gasteiger partial charge in [-0.05, 0) is 19.3 Å². The third-order valence-electron chi connectivity index (χ3n) is 7.88. The molecule has 3 heterocycles. The summed E-state index contributed by atoms with van der Waals surface area (Å²) < 4.78 is 26.4. The minimum absolute atomic E-state index is 0.310. The van der Waals surface area contributed by atoms with Crippen LogP contribution in [0.3, 0.4) is 0 Å². The number of aromatic nitrogens is 2. The van der Waals surface area contributed by atoms with Gasteiger partial charge < -0.3 is 54.7 Å². The van der Waals surface area contributed by atoms with Gasteiger partial charge in [0.15, 0.2) is 12.6 Å². The fraction of sp³-hybridized carbons (Fsp3) is 0.893. The molecule has 2 fully saturated rings. The van der Waals surface area contributed by atoms with Crippen molar-refractivity contribution in [2.24, 2.45) is 7.05 Å². The molecule has 13 nitrogen and oxygen atoms in total. The Morgan fingerprint density at radius 2 is 1.24 bits per heavy atom. The molecule has 0 saturated carbocycles. The summed E-state index contributed by atoms with van der Waals surface area (Å²) in [5, 5.41) is 70.5. The number of aryl methyl sites for hydroxylation is 2. The maximum atomic E-state index is 10.7. The monoisotopic (exact) mass is 591 g/mol. The van der Waals surface area contributed by atoms with Gasteiger partial charge in [0.2, 0.25) is 6.33 Å². The maximum absolute atomic E-state index is 10.7. The topological polar surface area (TPSA) is 187 Å². The largest absolute Gasteiger partial charge is 0.394 e. The van der Waals surface area contributed by atoms with E-state index in [1.807, 2.05) is 7.05 Å². The van der Waals surface area contributed by atoms with E-state index in [0.29, 0.717) is 6.61 Å². The van der Waals surface area contributed by atoms with E-state index < -0.39 is 74.6 Å². The van der Waals surface area contributed by atoms with Gasteiger partial charge in [0, 0.05) is 6.61 Å². The van der Waals surface area contributed by atoms with Gasteiger partial charge in [-0.25, -0.2) is 9.13 Å². The smallest absolute Gasteiger partial charge is 0.243 e. The van der Waals surface area contributed by atoms with Crippen LogP contribution in [0.25, 0.3) is 0 Å². The van der Waals surface area contributed by atoms with E-state index in [1.165, 1.54) is 38.5 Å². The summed E-state index contributed by atoms with van der Waals surface area (Å²) >= 11 is 0. The summed E-state index contributed by atoms with van der Waals surface area (Å²) in [6, 6.07) is 0. The van der Waals surface area contributed by atoms with Crippen molar-refractivity contribution in [3.63, 3.8) is 0 Å². The summed E-state index contributed by atoms with van der Waals surface area (Å²) in [5.41, 5.74) is 0. The lowest BCUT2D eigenvalue weighted by Gasteiger charge is -2.45. The number of hydrogen-bond donors (Lipinski definition) is 7. The molecule has 2 saturated heterocycles. The third kappa shape index (κ3) is 10.2. The van der Waals surface area contributed by atoms with Crippen molar-refractivity contribution < 1.29 is 59.3 Å². The van der Waals surface area contributed by atoms with Gasteiger partial charge in [-0.1, -0.05) is 44.9 Å². The molecule has 0 aromatic carbocycles. The fourth-order valence-electron chi connectivity index (χ4n) is 5.34. The minimum atomic E-state index is -1.70. The molecule has 0 spiro atoms. The second kappa shape index (κ2) is 17.8. The van der Waals surface area contributed by atoms with Crippen LogP contribution in [0.15, 0.2) is 18.7 Å². The van der Waals surface area contributed by atoms with E-state index in [4.69, 9.17) is 18.9 Å². The van der Waals surface area contributed by atoms with Gasteiger partial charge in [-0.3, -0.25) is 0 Å². The summed E-state index contributed by atoms with van der Waals surface area (Å²) in [7, 11) is 2.03. The van der Waals surface area contributed by atoms with Crippen LogP contribution in [-0.2, 0) is 32.5 Å². The Morgan fingerprint density at radius 1 is 0.683 bits per heavy atom. The number of aliphatic hydroxyl groups is 7. The lowest BCUT2D eigenvalue weighted by atomic mass is 9.97. The number of aliphatic hydroxyl groups excluding tert-OH is 7. The van der Waals surface area contributed by atoms with Gasteiger partial charge in [0.05, 0.1) is 26.8 Å². The van der Waals surface area contributed by atoms with Crippen LogP contribution in [0.1, 0.15) is 64.2 Å². The number of ether oxygens (including phenoxy) is 4. The van der Waals surface area contributed by atoms with Gasteiger partial charge in [0.25, 0.3) is 0 Å². The first kappa shape index (κ1) is 34.3. The van der Waals surface area contributed by atoms with E-state index in [2.05, 4.69) is 27.9 Å². The summed E-state index contributed by atoms with van der Waals surface area (Å²) in [6.45, 7) is 0.148. The zero-order valence-electron chi connectivity index (χ0n) is 24.1. The molecule has 0 amide bonds. The highest BCUT2D eigenvalue weighted by Crippen LogP contribution is 2.29. The predicted octanol–water partition coefficient (Wildman–Crippen LogP) is -1.15. The van der Waals surface area contributed by atoms with Crippen LogP contribution < -0.4 is 4.57 Å².